The summed E-state index contributed by atoms with van der Waals surface area (Å²) in [5.41, 5.74) is 0.893. The molecule has 0 amide bonds. The van der Waals surface area contributed by atoms with Crippen LogP contribution in [0.2, 0.25) is 25.7 Å². The Morgan fingerprint density at radius 2 is 2.10 bits per heavy atom. The highest BCUT2D eigenvalue weighted by molar-refractivity contribution is 14.1. The van der Waals surface area contributed by atoms with Gasteiger partial charge in [0.1, 0.15) is 16.1 Å². The smallest absolute Gasteiger partial charge is 0.182 e. The predicted octanol–water partition coefficient (Wildman–Crippen LogP) is 3.40. The molecule has 0 radical (unpaired) electrons. The quantitative estimate of drug-likeness (QED) is 0.409. The molecule has 0 atom stereocenters. The minimum atomic E-state index is -1.11. The first-order valence-electron chi connectivity index (χ1n) is 6.65. The molecule has 0 bridgehead atoms. The molecule has 2 aromatic heterocycles. The van der Waals surface area contributed by atoms with Gasteiger partial charge in [-0.05, 0) is 34.7 Å². The third-order valence-corrected chi connectivity index (χ3v) is 5.64. The molecule has 0 aliphatic rings. The summed E-state index contributed by atoms with van der Waals surface area (Å²) in [7, 11) is -1.11. The first-order valence-corrected chi connectivity index (χ1v) is 11.4. The van der Waals surface area contributed by atoms with Crippen molar-refractivity contribution < 1.29 is 9.13 Å². The van der Waals surface area contributed by atoms with Gasteiger partial charge in [-0.25, -0.2) is 9.07 Å². The molecule has 0 saturated heterocycles. The molecular formula is C13H18FIN4OSi. The van der Waals surface area contributed by atoms with Crippen LogP contribution in [0.25, 0.3) is 11.3 Å². The number of hydrogen-bond donors (Lipinski definition) is 0. The lowest BCUT2D eigenvalue weighted by Crippen LogP contribution is -2.22. The van der Waals surface area contributed by atoms with Gasteiger partial charge in [0.15, 0.2) is 5.82 Å². The minimum absolute atomic E-state index is 0.262. The van der Waals surface area contributed by atoms with E-state index in [0.717, 1.165) is 6.04 Å². The van der Waals surface area contributed by atoms with Crippen LogP contribution < -0.4 is 0 Å². The Bertz CT molecular complexity index is 600. The van der Waals surface area contributed by atoms with Gasteiger partial charge in [-0.1, -0.05) is 19.6 Å². The molecule has 0 aliphatic heterocycles. The molecule has 2 heterocycles. The second kappa shape index (κ2) is 6.92. The van der Waals surface area contributed by atoms with Crippen LogP contribution in [-0.4, -0.2) is 34.7 Å². The fourth-order valence-electron chi connectivity index (χ4n) is 1.65. The van der Waals surface area contributed by atoms with Gasteiger partial charge in [-0.3, -0.25) is 0 Å². The molecule has 21 heavy (non-hydrogen) atoms. The SMILES string of the molecule is C[Si](C)(C)CCOCn1nc(-c2ccnnc2)c(F)c1I. The van der Waals surface area contributed by atoms with Crippen LogP contribution in [0.3, 0.4) is 0 Å². The third kappa shape index (κ3) is 4.55. The molecule has 0 saturated carbocycles. The second-order valence-corrected chi connectivity index (χ2v) is 12.6. The first-order chi connectivity index (χ1) is 9.88. The summed E-state index contributed by atoms with van der Waals surface area (Å²) in [6.45, 7) is 7.82. The maximum atomic E-state index is 14.2. The molecule has 2 aromatic rings. The van der Waals surface area contributed by atoms with Crippen molar-refractivity contribution in [1.29, 1.82) is 0 Å². The summed E-state index contributed by atoms with van der Waals surface area (Å²) in [4.78, 5) is 0. The third-order valence-electron chi connectivity index (χ3n) is 2.90. The van der Waals surface area contributed by atoms with Crippen molar-refractivity contribution in [2.24, 2.45) is 0 Å². The van der Waals surface area contributed by atoms with E-state index in [4.69, 9.17) is 4.74 Å². The van der Waals surface area contributed by atoms with Gasteiger partial charge < -0.3 is 4.74 Å². The van der Waals surface area contributed by atoms with Crippen LogP contribution in [0.15, 0.2) is 18.5 Å². The van der Waals surface area contributed by atoms with Crippen molar-refractivity contribution in [3.8, 4) is 11.3 Å². The zero-order chi connectivity index (χ0) is 15.5. The lowest BCUT2D eigenvalue weighted by Gasteiger charge is -2.15. The molecule has 0 fully saturated rings. The molecule has 2 rings (SSSR count). The second-order valence-electron chi connectivity index (χ2n) is 5.93. The molecule has 0 spiro atoms. The van der Waals surface area contributed by atoms with Crippen LogP contribution in [0.5, 0.6) is 0 Å². The highest BCUT2D eigenvalue weighted by atomic mass is 127. The summed E-state index contributed by atoms with van der Waals surface area (Å²) in [5, 5.41) is 11.7. The Hall–Kier alpha value is -0.873. The summed E-state index contributed by atoms with van der Waals surface area (Å²) in [6, 6.07) is 2.76. The minimum Gasteiger partial charge on any atom is -0.359 e. The van der Waals surface area contributed by atoms with Gasteiger partial charge in [-0.15, -0.1) is 0 Å². The van der Waals surface area contributed by atoms with Gasteiger partial charge in [0.2, 0.25) is 0 Å². The van der Waals surface area contributed by atoms with E-state index in [1.54, 1.807) is 6.07 Å². The maximum absolute atomic E-state index is 14.2. The van der Waals surface area contributed by atoms with Crippen molar-refractivity contribution >= 4 is 30.7 Å². The van der Waals surface area contributed by atoms with Crippen molar-refractivity contribution in [1.82, 2.24) is 20.0 Å². The highest BCUT2D eigenvalue weighted by Gasteiger charge is 2.18. The fourth-order valence-corrected chi connectivity index (χ4v) is 2.91. The number of aromatic nitrogens is 4. The zero-order valence-electron chi connectivity index (χ0n) is 12.3. The van der Waals surface area contributed by atoms with E-state index in [2.05, 4.69) is 34.9 Å². The van der Waals surface area contributed by atoms with Crippen LogP contribution >= 0.6 is 22.6 Å². The number of rotatable bonds is 6. The lowest BCUT2D eigenvalue weighted by molar-refractivity contribution is 0.0765. The standard InChI is InChI=1S/C13H18FIN4OSi/c1-21(2,3)7-6-20-9-19-13(15)11(14)12(18-19)10-4-5-16-17-8-10/h4-5,8H,6-7,9H2,1-3H3. The molecule has 0 unspecified atom stereocenters. The van der Waals surface area contributed by atoms with Crippen molar-refractivity contribution in [3.05, 3.63) is 28.0 Å². The largest absolute Gasteiger partial charge is 0.359 e. The molecule has 0 aromatic carbocycles. The van der Waals surface area contributed by atoms with Gasteiger partial charge in [0, 0.05) is 20.2 Å². The van der Waals surface area contributed by atoms with Gasteiger partial charge in [0.25, 0.3) is 0 Å². The van der Waals surface area contributed by atoms with E-state index in [0.29, 0.717) is 15.9 Å². The maximum Gasteiger partial charge on any atom is 0.182 e. The van der Waals surface area contributed by atoms with E-state index < -0.39 is 8.07 Å². The summed E-state index contributed by atoms with van der Waals surface area (Å²) >= 11 is 1.94. The highest BCUT2D eigenvalue weighted by Crippen LogP contribution is 2.24. The Morgan fingerprint density at radius 1 is 1.33 bits per heavy atom. The van der Waals surface area contributed by atoms with E-state index in [-0.39, 0.29) is 18.2 Å². The van der Waals surface area contributed by atoms with E-state index in [1.165, 1.54) is 17.1 Å². The van der Waals surface area contributed by atoms with E-state index in [9.17, 15) is 4.39 Å². The lowest BCUT2D eigenvalue weighted by atomic mass is 10.2. The average Bonchev–Trinajstić information content (AvgIpc) is 2.72. The Morgan fingerprint density at radius 3 is 2.71 bits per heavy atom. The van der Waals surface area contributed by atoms with Gasteiger partial charge in [-0.2, -0.15) is 15.3 Å². The Balaban J connectivity index is 2.05. The normalized spacial score (nSPS) is 11.9. The van der Waals surface area contributed by atoms with Crippen molar-refractivity contribution in [2.45, 2.75) is 32.4 Å². The number of nitrogens with zero attached hydrogens (tertiary/aromatic N) is 4. The summed E-state index contributed by atoms with van der Waals surface area (Å²) in [6.07, 6.45) is 3.02. The van der Waals surface area contributed by atoms with Gasteiger partial charge >= 0.3 is 0 Å². The average molecular weight is 420 g/mol. The predicted molar refractivity (Wildman–Crippen MR) is 90.0 cm³/mol. The monoisotopic (exact) mass is 420 g/mol. The van der Waals surface area contributed by atoms with E-state index >= 15 is 0 Å². The summed E-state index contributed by atoms with van der Waals surface area (Å²) in [5.74, 6) is -0.350. The van der Waals surface area contributed by atoms with Crippen LogP contribution in [0, 0.1) is 9.52 Å². The Labute approximate surface area is 138 Å². The molecular weight excluding hydrogens is 402 g/mol. The first kappa shape index (κ1) is 16.5. The summed E-state index contributed by atoms with van der Waals surface area (Å²) < 4.78 is 21.8. The number of ether oxygens (including phenoxy) is 1. The fraction of sp³-hybridized carbons (Fsp3) is 0.462. The van der Waals surface area contributed by atoms with Crippen molar-refractivity contribution in [3.63, 3.8) is 0 Å². The molecule has 0 N–H and O–H groups in total. The molecule has 114 valence electrons. The van der Waals surface area contributed by atoms with Gasteiger partial charge in [0.05, 0.1) is 12.4 Å². The molecule has 5 nitrogen and oxygen atoms in total. The van der Waals surface area contributed by atoms with Crippen LogP contribution in [0.1, 0.15) is 0 Å². The number of hydrogen-bond acceptors (Lipinski definition) is 4. The topological polar surface area (TPSA) is 52.8 Å². The van der Waals surface area contributed by atoms with E-state index in [1.807, 2.05) is 22.6 Å². The molecule has 8 heteroatoms. The Kier molecular flexibility index (Phi) is 5.44. The number of halogens is 2. The van der Waals surface area contributed by atoms with Crippen LogP contribution in [0.4, 0.5) is 4.39 Å². The van der Waals surface area contributed by atoms with Crippen molar-refractivity contribution in [2.75, 3.05) is 6.61 Å². The van der Waals surface area contributed by atoms with Crippen LogP contribution in [-0.2, 0) is 11.5 Å². The zero-order valence-corrected chi connectivity index (χ0v) is 15.5. The molecule has 0 aliphatic carbocycles.